The van der Waals surface area contributed by atoms with Crippen LogP contribution in [0.1, 0.15) is 5.56 Å². The minimum atomic E-state index is -0.525. The molecule has 0 unspecified atom stereocenters. The van der Waals surface area contributed by atoms with Crippen LogP contribution in [0, 0.1) is 7.14 Å². The molecule has 1 aromatic carbocycles. The summed E-state index contributed by atoms with van der Waals surface area (Å²) in [5, 5.41) is 9.18. The third-order valence-corrected chi connectivity index (χ3v) is 3.13. The first-order valence-corrected chi connectivity index (χ1v) is 5.03. The van der Waals surface area contributed by atoms with E-state index >= 15 is 0 Å². The maximum atomic E-state index is 12.2. The summed E-state index contributed by atoms with van der Waals surface area (Å²) < 4.78 is 13.8. The monoisotopic (exact) mass is 378 g/mol. The maximum absolute atomic E-state index is 12.2. The van der Waals surface area contributed by atoms with Gasteiger partial charge in [-0.05, 0) is 62.9 Å². The molecule has 1 N–H and O–H groups in total. The predicted molar refractivity (Wildman–Crippen MR) is 58.4 cm³/mol. The van der Waals surface area contributed by atoms with E-state index in [1.54, 1.807) is 6.07 Å². The molecule has 0 aromatic heterocycles. The Morgan fingerprint density at radius 3 is 2.45 bits per heavy atom. The lowest BCUT2D eigenvalue weighted by molar-refractivity contribution is 0.459. The standard InChI is InChI=1S/C7H5FI2O/c8-3-4-1-7(11)6(10)2-5(4)9/h1-2,11H,3H2. The van der Waals surface area contributed by atoms with Crippen molar-refractivity contribution >= 4 is 45.2 Å². The lowest BCUT2D eigenvalue weighted by atomic mass is 10.2. The summed E-state index contributed by atoms with van der Waals surface area (Å²) in [5.74, 6) is 0.152. The molecule has 0 saturated heterocycles. The van der Waals surface area contributed by atoms with Crippen molar-refractivity contribution in [1.82, 2.24) is 0 Å². The summed E-state index contributed by atoms with van der Waals surface area (Å²) in [5.41, 5.74) is 0.545. The summed E-state index contributed by atoms with van der Waals surface area (Å²) in [6, 6.07) is 3.22. The van der Waals surface area contributed by atoms with Gasteiger partial charge in [0.15, 0.2) is 0 Å². The molecule has 0 fully saturated rings. The highest BCUT2D eigenvalue weighted by atomic mass is 127. The number of halogens is 3. The molecule has 1 rings (SSSR count). The quantitative estimate of drug-likeness (QED) is 0.746. The molecule has 1 aromatic rings. The van der Waals surface area contributed by atoms with Crippen LogP contribution in [0.2, 0.25) is 0 Å². The number of hydrogen-bond acceptors (Lipinski definition) is 1. The zero-order chi connectivity index (χ0) is 8.43. The normalized spacial score (nSPS) is 10.1. The molecule has 0 amide bonds. The van der Waals surface area contributed by atoms with Gasteiger partial charge in [-0.25, -0.2) is 4.39 Å². The highest BCUT2D eigenvalue weighted by Crippen LogP contribution is 2.25. The minimum Gasteiger partial charge on any atom is -0.507 e. The lowest BCUT2D eigenvalue weighted by Crippen LogP contribution is -1.86. The Balaban J connectivity index is 3.21. The number of aromatic hydroxyl groups is 1. The Hall–Kier alpha value is 0.410. The summed E-state index contributed by atoms with van der Waals surface area (Å²) in [4.78, 5) is 0. The second kappa shape index (κ2) is 3.88. The molecule has 0 aliphatic carbocycles. The van der Waals surface area contributed by atoms with Crippen LogP contribution in [-0.4, -0.2) is 5.11 Å². The van der Waals surface area contributed by atoms with Gasteiger partial charge >= 0.3 is 0 Å². The van der Waals surface area contributed by atoms with Crippen LogP contribution in [-0.2, 0) is 6.67 Å². The third-order valence-electron chi connectivity index (χ3n) is 1.26. The molecule has 0 bridgehead atoms. The molecule has 4 heteroatoms. The van der Waals surface area contributed by atoms with E-state index in [4.69, 9.17) is 0 Å². The van der Waals surface area contributed by atoms with Gasteiger partial charge in [0.05, 0.1) is 3.57 Å². The fourth-order valence-electron chi connectivity index (χ4n) is 0.683. The molecule has 0 saturated carbocycles. The molecule has 0 radical (unpaired) electrons. The molecule has 0 aliphatic heterocycles. The van der Waals surface area contributed by atoms with Gasteiger partial charge in [-0.3, -0.25) is 0 Å². The summed E-state index contributed by atoms with van der Waals surface area (Å²) in [7, 11) is 0. The van der Waals surface area contributed by atoms with Crippen molar-refractivity contribution in [1.29, 1.82) is 0 Å². The van der Waals surface area contributed by atoms with Crippen LogP contribution in [0.15, 0.2) is 12.1 Å². The molecule has 0 atom stereocenters. The van der Waals surface area contributed by atoms with Gasteiger partial charge in [0, 0.05) is 3.57 Å². The van der Waals surface area contributed by atoms with Crippen LogP contribution < -0.4 is 0 Å². The smallest absolute Gasteiger partial charge is 0.129 e. The van der Waals surface area contributed by atoms with E-state index in [0.29, 0.717) is 5.56 Å². The van der Waals surface area contributed by atoms with E-state index < -0.39 is 6.67 Å². The van der Waals surface area contributed by atoms with Gasteiger partial charge in [-0.2, -0.15) is 0 Å². The largest absolute Gasteiger partial charge is 0.507 e. The van der Waals surface area contributed by atoms with E-state index in [0.717, 1.165) is 7.14 Å². The first kappa shape index (κ1) is 9.50. The fourth-order valence-corrected chi connectivity index (χ4v) is 2.36. The number of alkyl halides is 1. The summed E-state index contributed by atoms with van der Waals surface area (Å²) >= 11 is 4.05. The van der Waals surface area contributed by atoms with E-state index in [2.05, 4.69) is 0 Å². The Kier molecular flexibility index (Phi) is 3.35. The zero-order valence-electron chi connectivity index (χ0n) is 5.44. The van der Waals surface area contributed by atoms with Crippen molar-refractivity contribution in [3.63, 3.8) is 0 Å². The van der Waals surface area contributed by atoms with Gasteiger partial charge in [0.25, 0.3) is 0 Å². The number of phenols is 1. The fraction of sp³-hybridized carbons (Fsp3) is 0.143. The van der Waals surface area contributed by atoms with Crippen LogP contribution in [0.3, 0.4) is 0 Å². The summed E-state index contributed by atoms with van der Waals surface area (Å²) in [6.07, 6.45) is 0. The van der Waals surface area contributed by atoms with E-state index in [1.165, 1.54) is 6.07 Å². The van der Waals surface area contributed by atoms with Crippen molar-refractivity contribution in [3.8, 4) is 5.75 Å². The van der Waals surface area contributed by atoms with Gasteiger partial charge in [0.1, 0.15) is 12.4 Å². The molecule has 60 valence electrons. The molecular weight excluding hydrogens is 373 g/mol. The Bertz CT molecular complexity index is 275. The Morgan fingerprint density at radius 1 is 1.27 bits per heavy atom. The van der Waals surface area contributed by atoms with Crippen LogP contribution >= 0.6 is 45.2 Å². The van der Waals surface area contributed by atoms with Gasteiger partial charge in [-0.15, -0.1) is 0 Å². The molecule has 0 spiro atoms. The van der Waals surface area contributed by atoms with Crippen molar-refractivity contribution in [2.75, 3.05) is 0 Å². The van der Waals surface area contributed by atoms with Crippen LogP contribution in [0.5, 0.6) is 5.75 Å². The number of hydrogen-bond donors (Lipinski definition) is 1. The minimum absolute atomic E-state index is 0.152. The van der Waals surface area contributed by atoms with Gasteiger partial charge < -0.3 is 5.11 Å². The molecule has 1 nitrogen and oxygen atoms in total. The van der Waals surface area contributed by atoms with E-state index in [1.807, 2.05) is 45.2 Å². The molecule has 0 aliphatic rings. The average Bonchev–Trinajstić information content (AvgIpc) is 1.97. The van der Waals surface area contributed by atoms with Crippen molar-refractivity contribution in [2.45, 2.75) is 6.67 Å². The number of benzene rings is 1. The maximum Gasteiger partial charge on any atom is 0.129 e. The number of phenolic OH excluding ortho intramolecular Hbond substituents is 1. The first-order chi connectivity index (χ1) is 5.15. The van der Waals surface area contributed by atoms with Crippen molar-refractivity contribution in [2.24, 2.45) is 0 Å². The Labute approximate surface area is 91.3 Å². The molecule has 0 heterocycles. The summed E-state index contributed by atoms with van der Waals surface area (Å²) in [6.45, 7) is -0.525. The number of rotatable bonds is 1. The predicted octanol–water partition coefficient (Wildman–Crippen LogP) is 3.07. The third kappa shape index (κ3) is 2.17. The van der Waals surface area contributed by atoms with Gasteiger partial charge in [-0.1, -0.05) is 0 Å². The second-order valence-electron chi connectivity index (χ2n) is 2.03. The van der Waals surface area contributed by atoms with E-state index in [-0.39, 0.29) is 5.75 Å². The highest BCUT2D eigenvalue weighted by Gasteiger charge is 2.04. The van der Waals surface area contributed by atoms with Crippen molar-refractivity contribution in [3.05, 3.63) is 24.8 Å². The SMILES string of the molecule is Oc1cc(CF)c(I)cc1I. The average molecular weight is 378 g/mol. The first-order valence-electron chi connectivity index (χ1n) is 2.88. The molecular formula is C7H5FI2O. The lowest BCUT2D eigenvalue weighted by Gasteiger charge is -2.01. The van der Waals surface area contributed by atoms with E-state index in [9.17, 15) is 9.50 Å². The van der Waals surface area contributed by atoms with Crippen molar-refractivity contribution < 1.29 is 9.50 Å². The second-order valence-corrected chi connectivity index (χ2v) is 4.35. The van der Waals surface area contributed by atoms with Gasteiger partial charge in [0.2, 0.25) is 0 Å². The highest BCUT2D eigenvalue weighted by molar-refractivity contribution is 14.1. The zero-order valence-corrected chi connectivity index (χ0v) is 9.76. The topological polar surface area (TPSA) is 20.2 Å². The Morgan fingerprint density at radius 2 is 1.91 bits per heavy atom. The van der Waals surface area contributed by atoms with Crippen LogP contribution in [0.4, 0.5) is 4.39 Å². The van der Waals surface area contributed by atoms with Crippen LogP contribution in [0.25, 0.3) is 0 Å². The molecule has 11 heavy (non-hydrogen) atoms.